The van der Waals surface area contributed by atoms with Crippen molar-refractivity contribution in [3.8, 4) is 0 Å². The van der Waals surface area contributed by atoms with Crippen molar-refractivity contribution >= 4 is 23.3 Å². The molecule has 3 rings (SSSR count). The molecule has 5 nitrogen and oxygen atoms in total. The van der Waals surface area contributed by atoms with Gasteiger partial charge in [-0.05, 0) is 47.9 Å². The fraction of sp³-hybridized carbons (Fsp3) is 0.150. The molecular weight excluding hydrogens is 348 g/mol. The highest BCUT2D eigenvalue weighted by Gasteiger charge is 2.07. The minimum Gasteiger partial charge on any atom is -0.370 e. The molecular formula is C20H19ClN4O. The van der Waals surface area contributed by atoms with Crippen LogP contribution >= 0.6 is 11.6 Å². The Labute approximate surface area is 157 Å². The lowest BCUT2D eigenvalue weighted by molar-refractivity contribution is 0.0951. The van der Waals surface area contributed by atoms with Gasteiger partial charge in [-0.2, -0.15) is 0 Å². The van der Waals surface area contributed by atoms with Crippen LogP contribution in [0.1, 0.15) is 21.5 Å². The van der Waals surface area contributed by atoms with Crippen molar-refractivity contribution in [1.29, 1.82) is 0 Å². The first-order valence-electron chi connectivity index (χ1n) is 8.32. The molecule has 0 radical (unpaired) electrons. The molecule has 6 heteroatoms. The molecule has 2 aromatic heterocycles. The number of aromatic nitrogens is 2. The number of carbonyl (C=O) groups is 1. The average Bonchev–Trinajstić information content (AvgIpc) is 2.69. The summed E-state index contributed by atoms with van der Waals surface area (Å²) >= 11 is 5.89. The van der Waals surface area contributed by atoms with Crippen LogP contribution in [0.25, 0.3) is 0 Å². The predicted octanol–water partition coefficient (Wildman–Crippen LogP) is 3.71. The largest absolute Gasteiger partial charge is 0.370 e. The molecule has 26 heavy (non-hydrogen) atoms. The van der Waals surface area contributed by atoms with Gasteiger partial charge in [0.15, 0.2) is 0 Å². The first-order chi connectivity index (χ1) is 12.7. The van der Waals surface area contributed by atoms with Gasteiger partial charge in [0.2, 0.25) is 0 Å². The summed E-state index contributed by atoms with van der Waals surface area (Å²) in [5.41, 5.74) is 2.71. The van der Waals surface area contributed by atoms with Crippen LogP contribution in [-0.4, -0.2) is 22.4 Å². The van der Waals surface area contributed by atoms with Gasteiger partial charge < -0.3 is 10.6 Å². The van der Waals surface area contributed by atoms with Crippen molar-refractivity contribution in [3.05, 3.63) is 88.8 Å². The molecule has 2 heterocycles. The molecule has 0 bridgehead atoms. The first-order valence-corrected chi connectivity index (χ1v) is 8.70. The van der Waals surface area contributed by atoms with Gasteiger partial charge in [-0.25, -0.2) is 4.98 Å². The van der Waals surface area contributed by atoms with E-state index in [0.29, 0.717) is 17.9 Å². The minimum atomic E-state index is -0.142. The maximum Gasteiger partial charge on any atom is 0.251 e. The number of amides is 1. The number of nitrogens with zero attached hydrogens (tertiary/aromatic N) is 2. The second-order valence-electron chi connectivity index (χ2n) is 5.78. The summed E-state index contributed by atoms with van der Waals surface area (Å²) in [6.07, 6.45) is 5.91. The standard InChI is InChI=1S/C20H19ClN4O/c21-18-5-3-15(4-6-18)7-10-23-19-12-17(8-11-24-19)20(26)25-14-16-2-1-9-22-13-16/h1-6,8-9,11-13H,7,10,14H2,(H,23,24)(H,25,26). The number of hydrogen-bond donors (Lipinski definition) is 2. The second-order valence-corrected chi connectivity index (χ2v) is 6.21. The van der Waals surface area contributed by atoms with E-state index in [4.69, 9.17) is 11.6 Å². The predicted molar refractivity (Wildman–Crippen MR) is 103 cm³/mol. The van der Waals surface area contributed by atoms with Crippen LogP contribution in [0.5, 0.6) is 0 Å². The van der Waals surface area contributed by atoms with Crippen molar-refractivity contribution in [3.63, 3.8) is 0 Å². The molecule has 0 aliphatic rings. The summed E-state index contributed by atoms with van der Waals surface area (Å²) in [6.45, 7) is 1.16. The summed E-state index contributed by atoms with van der Waals surface area (Å²) in [7, 11) is 0. The van der Waals surface area contributed by atoms with E-state index in [1.54, 1.807) is 30.7 Å². The minimum absolute atomic E-state index is 0.142. The first kappa shape index (κ1) is 17.9. The normalized spacial score (nSPS) is 10.3. The Balaban J connectivity index is 1.52. The third kappa shape index (κ3) is 5.29. The molecule has 0 saturated carbocycles. The maximum atomic E-state index is 12.3. The lowest BCUT2D eigenvalue weighted by Gasteiger charge is -2.08. The van der Waals surface area contributed by atoms with E-state index in [0.717, 1.165) is 23.6 Å². The Bertz CT molecular complexity index is 853. The highest BCUT2D eigenvalue weighted by molar-refractivity contribution is 6.30. The Morgan fingerprint density at radius 2 is 1.88 bits per heavy atom. The van der Waals surface area contributed by atoms with Gasteiger partial charge in [0.1, 0.15) is 5.82 Å². The molecule has 3 aromatic rings. The summed E-state index contributed by atoms with van der Waals surface area (Å²) in [5.74, 6) is 0.532. The zero-order chi connectivity index (χ0) is 18.2. The van der Waals surface area contributed by atoms with Gasteiger partial charge in [0.05, 0.1) is 0 Å². The smallest absolute Gasteiger partial charge is 0.251 e. The summed E-state index contributed by atoms with van der Waals surface area (Å²) in [4.78, 5) is 20.6. The SMILES string of the molecule is O=C(NCc1cccnc1)c1ccnc(NCCc2ccc(Cl)cc2)c1. The quantitative estimate of drug-likeness (QED) is 0.668. The van der Waals surface area contributed by atoms with E-state index in [1.165, 1.54) is 5.56 Å². The average molecular weight is 367 g/mol. The number of halogens is 1. The molecule has 0 aliphatic heterocycles. The van der Waals surface area contributed by atoms with Crippen LogP contribution in [0, 0.1) is 0 Å². The number of pyridine rings is 2. The number of carbonyl (C=O) groups excluding carboxylic acids is 1. The van der Waals surface area contributed by atoms with Gasteiger partial charge in [0, 0.05) is 42.3 Å². The molecule has 0 saturated heterocycles. The second kappa shape index (κ2) is 8.97. The molecule has 0 spiro atoms. The monoisotopic (exact) mass is 366 g/mol. The van der Waals surface area contributed by atoms with Gasteiger partial charge in [0.25, 0.3) is 5.91 Å². The van der Waals surface area contributed by atoms with Crippen molar-refractivity contribution in [2.75, 3.05) is 11.9 Å². The summed E-state index contributed by atoms with van der Waals surface area (Å²) in [5, 5.41) is 6.86. The Kier molecular flexibility index (Phi) is 6.17. The number of anilines is 1. The van der Waals surface area contributed by atoms with Crippen LogP contribution in [0.15, 0.2) is 67.1 Å². The van der Waals surface area contributed by atoms with Crippen LogP contribution in [0.2, 0.25) is 5.02 Å². The summed E-state index contributed by atoms with van der Waals surface area (Å²) < 4.78 is 0. The Morgan fingerprint density at radius 3 is 2.65 bits per heavy atom. The molecule has 0 fully saturated rings. The Hall–Kier alpha value is -2.92. The fourth-order valence-electron chi connectivity index (χ4n) is 2.44. The number of rotatable bonds is 7. The van der Waals surface area contributed by atoms with E-state index < -0.39 is 0 Å². The zero-order valence-corrected chi connectivity index (χ0v) is 14.9. The van der Waals surface area contributed by atoms with E-state index in [-0.39, 0.29) is 5.91 Å². The Morgan fingerprint density at radius 1 is 1.04 bits per heavy atom. The number of benzene rings is 1. The lowest BCUT2D eigenvalue weighted by Crippen LogP contribution is -2.23. The van der Waals surface area contributed by atoms with Crippen molar-refractivity contribution < 1.29 is 4.79 Å². The fourth-order valence-corrected chi connectivity index (χ4v) is 2.57. The van der Waals surface area contributed by atoms with Crippen LogP contribution in [0.4, 0.5) is 5.82 Å². The van der Waals surface area contributed by atoms with Crippen molar-refractivity contribution in [2.24, 2.45) is 0 Å². The zero-order valence-electron chi connectivity index (χ0n) is 14.2. The van der Waals surface area contributed by atoms with Gasteiger partial charge >= 0.3 is 0 Å². The van der Waals surface area contributed by atoms with E-state index in [2.05, 4.69) is 20.6 Å². The molecule has 0 atom stereocenters. The number of nitrogens with one attached hydrogen (secondary N) is 2. The van der Waals surface area contributed by atoms with Crippen LogP contribution in [0.3, 0.4) is 0 Å². The number of hydrogen-bond acceptors (Lipinski definition) is 4. The molecule has 1 amide bonds. The van der Waals surface area contributed by atoms with E-state index >= 15 is 0 Å². The topological polar surface area (TPSA) is 66.9 Å². The highest BCUT2D eigenvalue weighted by atomic mass is 35.5. The van der Waals surface area contributed by atoms with Crippen molar-refractivity contribution in [1.82, 2.24) is 15.3 Å². The van der Waals surface area contributed by atoms with E-state index in [9.17, 15) is 4.79 Å². The molecule has 132 valence electrons. The lowest BCUT2D eigenvalue weighted by atomic mass is 10.1. The van der Waals surface area contributed by atoms with Gasteiger partial charge in [-0.3, -0.25) is 9.78 Å². The van der Waals surface area contributed by atoms with Crippen molar-refractivity contribution in [2.45, 2.75) is 13.0 Å². The highest BCUT2D eigenvalue weighted by Crippen LogP contribution is 2.11. The molecule has 0 unspecified atom stereocenters. The maximum absolute atomic E-state index is 12.3. The van der Waals surface area contributed by atoms with Crippen LogP contribution < -0.4 is 10.6 Å². The third-order valence-corrected chi connectivity index (χ3v) is 4.08. The van der Waals surface area contributed by atoms with Gasteiger partial charge in [-0.15, -0.1) is 0 Å². The van der Waals surface area contributed by atoms with Gasteiger partial charge in [-0.1, -0.05) is 29.8 Å². The molecule has 2 N–H and O–H groups in total. The van der Waals surface area contributed by atoms with E-state index in [1.807, 2.05) is 36.4 Å². The molecule has 0 aliphatic carbocycles. The third-order valence-electron chi connectivity index (χ3n) is 3.83. The van der Waals surface area contributed by atoms with Crippen LogP contribution in [-0.2, 0) is 13.0 Å². The molecule has 1 aromatic carbocycles. The summed E-state index contributed by atoms with van der Waals surface area (Å²) in [6, 6.07) is 15.0.